The van der Waals surface area contributed by atoms with Crippen molar-refractivity contribution in [2.75, 3.05) is 0 Å². The summed E-state index contributed by atoms with van der Waals surface area (Å²) >= 11 is 3.31. The van der Waals surface area contributed by atoms with E-state index in [0.29, 0.717) is 23.5 Å². The third-order valence-corrected chi connectivity index (χ3v) is 3.02. The van der Waals surface area contributed by atoms with E-state index in [4.69, 9.17) is 5.73 Å². The summed E-state index contributed by atoms with van der Waals surface area (Å²) in [5.41, 5.74) is 6.75. The zero-order chi connectivity index (χ0) is 11.7. The number of hydrogen-bond acceptors (Lipinski definition) is 3. The standard InChI is InChI=1S/C11H11BrFN3/c1-6-4-10(15-16-11(6)14)8-5-7(12)2-3-9(8)13/h2-3,5-6H,4H2,1H3,(H2,14,16). The smallest absolute Gasteiger partial charge is 0.132 e. The molecular weight excluding hydrogens is 273 g/mol. The zero-order valence-electron chi connectivity index (χ0n) is 8.74. The molecule has 0 saturated carbocycles. The molecular formula is C11H11BrFN3. The normalized spacial score (nSPS) is 20.3. The third kappa shape index (κ3) is 2.14. The van der Waals surface area contributed by atoms with Gasteiger partial charge in [0.1, 0.15) is 11.7 Å². The van der Waals surface area contributed by atoms with Gasteiger partial charge in [-0.25, -0.2) is 4.39 Å². The number of halogens is 2. The highest BCUT2D eigenvalue weighted by Gasteiger charge is 2.19. The maximum absolute atomic E-state index is 13.6. The van der Waals surface area contributed by atoms with Crippen molar-refractivity contribution in [3.8, 4) is 0 Å². The molecule has 1 aromatic carbocycles. The van der Waals surface area contributed by atoms with Crippen molar-refractivity contribution in [2.24, 2.45) is 21.9 Å². The van der Waals surface area contributed by atoms with Gasteiger partial charge in [-0.05, 0) is 18.2 Å². The van der Waals surface area contributed by atoms with E-state index in [-0.39, 0.29) is 11.7 Å². The van der Waals surface area contributed by atoms with Crippen molar-refractivity contribution >= 4 is 27.5 Å². The average molecular weight is 284 g/mol. The molecule has 0 radical (unpaired) electrons. The van der Waals surface area contributed by atoms with Gasteiger partial charge in [-0.2, -0.15) is 5.10 Å². The first-order chi connectivity index (χ1) is 7.58. The van der Waals surface area contributed by atoms with Gasteiger partial charge >= 0.3 is 0 Å². The van der Waals surface area contributed by atoms with Crippen LogP contribution in [0.4, 0.5) is 4.39 Å². The van der Waals surface area contributed by atoms with Crippen LogP contribution in [0.15, 0.2) is 32.9 Å². The van der Waals surface area contributed by atoms with Crippen molar-refractivity contribution in [3.63, 3.8) is 0 Å². The topological polar surface area (TPSA) is 50.7 Å². The summed E-state index contributed by atoms with van der Waals surface area (Å²) < 4.78 is 14.4. The number of nitrogens with zero attached hydrogens (tertiary/aromatic N) is 2. The molecule has 84 valence electrons. The maximum atomic E-state index is 13.6. The highest BCUT2D eigenvalue weighted by atomic mass is 79.9. The molecule has 1 aromatic rings. The van der Waals surface area contributed by atoms with Crippen LogP contribution in [0.5, 0.6) is 0 Å². The van der Waals surface area contributed by atoms with Gasteiger partial charge < -0.3 is 5.73 Å². The summed E-state index contributed by atoms with van der Waals surface area (Å²) in [6.45, 7) is 1.95. The van der Waals surface area contributed by atoms with Crippen LogP contribution in [0.1, 0.15) is 18.9 Å². The lowest BCUT2D eigenvalue weighted by Crippen LogP contribution is -2.27. The van der Waals surface area contributed by atoms with E-state index >= 15 is 0 Å². The van der Waals surface area contributed by atoms with Gasteiger partial charge in [-0.3, -0.25) is 0 Å². The Hall–Kier alpha value is -1.23. The highest BCUT2D eigenvalue weighted by molar-refractivity contribution is 9.10. The summed E-state index contributed by atoms with van der Waals surface area (Å²) in [7, 11) is 0. The lowest BCUT2D eigenvalue weighted by molar-refractivity contribution is 0.622. The summed E-state index contributed by atoms with van der Waals surface area (Å²) in [4.78, 5) is 0. The van der Waals surface area contributed by atoms with Crippen molar-refractivity contribution in [1.82, 2.24) is 0 Å². The number of rotatable bonds is 1. The van der Waals surface area contributed by atoms with Crippen molar-refractivity contribution in [3.05, 3.63) is 34.1 Å². The lowest BCUT2D eigenvalue weighted by Gasteiger charge is -2.16. The molecule has 1 atom stereocenters. The molecule has 0 fully saturated rings. The molecule has 1 heterocycles. The summed E-state index contributed by atoms with van der Waals surface area (Å²) in [5, 5.41) is 7.79. The molecule has 3 nitrogen and oxygen atoms in total. The molecule has 0 aliphatic carbocycles. The van der Waals surface area contributed by atoms with E-state index in [0.717, 1.165) is 4.47 Å². The first-order valence-electron chi connectivity index (χ1n) is 4.93. The van der Waals surface area contributed by atoms with Gasteiger partial charge in [0.2, 0.25) is 0 Å². The Balaban J connectivity index is 2.42. The van der Waals surface area contributed by atoms with Crippen LogP contribution in [0, 0.1) is 11.7 Å². The monoisotopic (exact) mass is 283 g/mol. The van der Waals surface area contributed by atoms with Crippen molar-refractivity contribution in [2.45, 2.75) is 13.3 Å². The first kappa shape index (κ1) is 11.3. The first-order valence-corrected chi connectivity index (χ1v) is 5.72. The predicted octanol–water partition coefficient (Wildman–Crippen LogP) is 2.69. The second-order valence-corrected chi connectivity index (χ2v) is 4.72. The Morgan fingerprint density at radius 2 is 2.19 bits per heavy atom. The molecule has 0 spiro atoms. The third-order valence-electron chi connectivity index (χ3n) is 2.53. The molecule has 1 unspecified atom stereocenters. The Kier molecular flexibility index (Phi) is 3.05. The molecule has 2 N–H and O–H groups in total. The van der Waals surface area contributed by atoms with E-state index < -0.39 is 0 Å². The lowest BCUT2D eigenvalue weighted by atomic mass is 9.97. The van der Waals surface area contributed by atoms with Gasteiger partial charge in [0.05, 0.1) is 5.71 Å². The molecule has 16 heavy (non-hydrogen) atoms. The number of hydrogen-bond donors (Lipinski definition) is 1. The molecule has 5 heteroatoms. The average Bonchev–Trinajstić information content (AvgIpc) is 2.26. The van der Waals surface area contributed by atoms with E-state index in [9.17, 15) is 4.39 Å². The Bertz CT molecular complexity index is 482. The summed E-state index contributed by atoms with van der Waals surface area (Å²) in [5.74, 6) is 0.315. The second kappa shape index (κ2) is 4.33. The fraction of sp³-hybridized carbons (Fsp3) is 0.273. The molecule has 1 aliphatic heterocycles. The zero-order valence-corrected chi connectivity index (χ0v) is 10.3. The minimum atomic E-state index is -0.287. The predicted molar refractivity (Wildman–Crippen MR) is 66.0 cm³/mol. The van der Waals surface area contributed by atoms with Crippen LogP contribution in [-0.4, -0.2) is 11.5 Å². The largest absolute Gasteiger partial charge is 0.385 e. The van der Waals surface area contributed by atoms with Gasteiger partial charge in [-0.1, -0.05) is 22.9 Å². The van der Waals surface area contributed by atoms with Gasteiger partial charge in [-0.15, -0.1) is 5.10 Å². The van der Waals surface area contributed by atoms with Gasteiger partial charge in [0, 0.05) is 22.4 Å². The van der Waals surface area contributed by atoms with E-state index in [1.807, 2.05) is 6.92 Å². The van der Waals surface area contributed by atoms with E-state index in [1.165, 1.54) is 6.07 Å². The van der Waals surface area contributed by atoms with Gasteiger partial charge in [0.25, 0.3) is 0 Å². The summed E-state index contributed by atoms with van der Waals surface area (Å²) in [6.07, 6.45) is 0.614. The molecule has 0 amide bonds. The maximum Gasteiger partial charge on any atom is 0.132 e. The molecule has 0 saturated heterocycles. The Morgan fingerprint density at radius 1 is 1.44 bits per heavy atom. The molecule has 2 rings (SSSR count). The fourth-order valence-corrected chi connectivity index (χ4v) is 1.90. The number of benzene rings is 1. The number of nitrogens with two attached hydrogens (primary N) is 1. The Labute approximate surface area is 101 Å². The van der Waals surface area contributed by atoms with Gasteiger partial charge in [0.15, 0.2) is 0 Å². The molecule has 1 aliphatic rings. The minimum Gasteiger partial charge on any atom is -0.385 e. The van der Waals surface area contributed by atoms with Crippen LogP contribution in [0.25, 0.3) is 0 Å². The quantitative estimate of drug-likeness (QED) is 0.847. The van der Waals surface area contributed by atoms with Crippen molar-refractivity contribution in [1.29, 1.82) is 0 Å². The minimum absolute atomic E-state index is 0.103. The van der Waals surface area contributed by atoms with E-state index in [2.05, 4.69) is 26.1 Å². The van der Waals surface area contributed by atoms with Crippen molar-refractivity contribution < 1.29 is 4.39 Å². The highest BCUT2D eigenvalue weighted by Crippen LogP contribution is 2.21. The van der Waals surface area contributed by atoms with Crippen LogP contribution in [0.3, 0.4) is 0 Å². The SMILES string of the molecule is CC1CC(c2cc(Br)ccc2F)=NN=C1N. The molecule has 0 aromatic heterocycles. The fourth-order valence-electron chi connectivity index (χ4n) is 1.53. The van der Waals surface area contributed by atoms with E-state index in [1.54, 1.807) is 12.1 Å². The second-order valence-electron chi connectivity index (χ2n) is 3.80. The number of amidine groups is 1. The molecule has 0 bridgehead atoms. The summed E-state index contributed by atoms with van der Waals surface area (Å²) in [6, 6.07) is 4.77. The van der Waals surface area contributed by atoms with Crippen LogP contribution < -0.4 is 5.73 Å². The Morgan fingerprint density at radius 3 is 2.88 bits per heavy atom. The van der Waals surface area contributed by atoms with Crippen LogP contribution in [-0.2, 0) is 0 Å². The van der Waals surface area contributed by atoms with Crippen LogP contribution in [0.2, 0.25) is 0 Å². The van der Waals surface area contributed by atoms with Crippen LogP contribution >= 0.6 is 15.9 Å².